The first kappa shape index (κ1) is 16.3. The SMILES string of the molecule is NC(=O)C[C@H](NC(=O)CSc1ccc(Cl)cc1)C(=O)O. The lowest BCUT2D eigenvalue weighted by Crippen LogP contribution is -2.44. The number of nitrogens with one attached hydrogen (secondary N) is 1. The molecule has 0 radical (unpaired) electrons. The van der Waals surface area contributed by atoms with E-state index in [0.29, 0.717) is 5.02 Å². The maximum absolute atomic E-state index is 11.6. The molecule has 1 atom stereocenters. The summed E-state index contributed by atoms with van der Waals surface area (Å²) in [5.74, 6) is -2.54. The molecular formula is C12H13ClN2O4S. The van der Waals surface area contributed by atoms with Crippen LogP contribution in [0.1, 0.15) is 6.42 Å². The van der Waals surface area contributed by atoms with Crippen LogP contribution >= 0.6 is 23.4 Å². The number of carboxylic acids is 1. The summed E-state index contributed by atoms with van der Waals surface area (Å²) in [6, 6.07) is 5.58. The Hall–Kier alpha value is -1.73. The number of hydrogen-bond donors (Lipinski definition) is 3. The van der Waals surface area contributed by atoms with Gasteiger partial charge in [-0.25, -0.2) is 4.79 Å². The predicted molar refractivity (Wildman–Crippen MR) is 75.6 cm³/mol. The Labute approximate surface area is 124 Å². The van der Waals surface area contributed by atoms with E-state index >= 15 is 0 Å². The molecule has 20 heavy (non-hydrogen) atoms. The molecule has 2 amide bonds. The minimum Gasteiger partial charge on any atom is -0.480 e. The Bertz CT molecular complexity index is 507. The maximum atomic E-state index is 11.6. The number of aliphatic carboxylic acids is 1. The van der Waals surface area contributed by atoms with E-state index in [0.717, 1.165) is 4.90 Å². The van der Waals surface area contributed by atoms with Crippen LogP contribution in [0.2, 0.25) is 5.02 Å². The van der Waals surface area contributed by atoms with E-state index < -0.39 is 30.2 Å². The summed E-state index contributed by atoms with van der Waals surface area (Å²) in [6.07, 6.45) is -0.438. The number of halogens is 1. The van der Waals surface area contributed by atoms with Crippen molar-refractivity contribution in [1.82, 2.24) is 5.32 Å². The molecule has 1 rings (SSSR count). The molecule has 1 aromatic carbocycles. The second-order valence-electron chi connectivity index (χ2n) is 3.87. The molecule has 6 nitrogen and oxygen atoms in total. The number of primary amides is 1. The Kier molecular flexibility index (Phi) is 6.33. The zero-order valence-electron chi connectivity index (χ0n) is 10.3. The number of amides is 2. The average Bonchev–Trinajstić information content (AvgIpc) is 2.36. The molecule has 8 heteroatoms. The van der Waals surface area contributed by atoms with Gasteiger partial charge in [-0.2, -0.15) is 0 Å². The third kappa shape index (κ3) is 5.94. The molecule has 0 bridgehead atoms. The largest absolute Gasteiger partial charge is 0.480 e. The van der Waals surface area contributed by atoms with E-state index in [2.05, 4.69) is 5.32 Å². The molecule has 0 heterocycles. The van der Waals surface area contributed by atoms with Gasteiger partial charge in [0.2, 0.25) is 11.8 Å². The minimum absolute atomic E-state index is 0.0319. The van der Waals surface area contributed by atoms with Gasteiger partial charge in [0.25, 0.3) is 0 Å². The second-order valence-corrected chi connectivity index (χ2v) is 5.36. The standard InChI is InChI=1S/C12H13ClN2O4S/c13-7-1-3-8(4-2-7)20-6-11(17)15-9(12(18)19)5-10(14)16/h1-4,9H,5-6H2,(H2,14,16)(H,15,17)(H,18,19)/t9-/m0/s1. The van der Waals surface area contributed by atoms with Gasteiger partial charge >= 0.3 is 5.97 Å². The van der Waals surface area contributed by atoms with Crippen molar-refractivity contribution in [3.63, 3.8) is 0 Å². The first-order valence-electron chi connectivity index (χ1n) is 5.57. The molecule has 0 aliphatic rings. The van der Waals surface area contributed by atoms with Crippen LogP contribution in [0.25, 0.3) is 0 Å². The zero-order valence-corrected chi connectivity index (χ0v) is 11.9. The van der Waals surface area contributed by atoms with E-state index in [1.54, 1.807) is 24.3 Å². The van der Waals surface area contributed by atoms with Gasteiger partial charge in [0.1, 0.15) is 6.04 Å². The molecule has 4 N–H and O–H groups in total. The lowest BCUT2D eigenvalue weighted by molar-refractivity contribution is -0.143. The van der Waals surface area contributed by atoms with Crippen LogP contribution in [0, 0.1) is 0 Å². The lowest BCUT2D eigenvalue weighted by atomic mass is 10.2. The Morgan fingerprint density at radius 3 is 2.40 bits per heavy atom. The highest BCUT2D eigenvalue weighted by molar-refractivity contribution is 8.00. The summed E-state index contributed by atoms with van der Waals surface area (Å²) >= 11 is 6.96. The third-order valence-corrected chi connectivity index (χ3v) is 3.49. The van der Waals surface area contributed by atoms with Gasteiger partial charge in [-0.1, -0.05) is 11.6 Å². The molecule has 108 valence electrons. The fourth-order valence-corrected chi connectivity index (χ4v) is 2.15. The molecule has 0 saturated heterocycles. The van der Waals surface area contributed by atoms with Crippen molar-refractivity contribution in [3.8, 4) is 0 Å². The fraction of sp³-hybridized carbons (Fsp3) is 0.250. The van der Waals surface area contributed by atoms with Crippen LogP contribution in [-0.4, -0.2) is 34.7 Å². The van der Waals surface area contributed by atoms with E-state index in [-0.39, 0.29) is 5.75 Å². The van der Waals surface area contributed by atoms with Crippen LogP contribution in [0.3, 0.4) is 0 Å². The van der Waals surface area contributed by atoms with Gasteiger partial charge in [0, 0.05) is 9.92 Å². The highest BCUT2D eigenvalue weighted by atomic mass is 35.5. The van der Waals surface area contributed by atoms with Crippen molar-refractivity contribution in [2.75, 3.05) is 5.75 Å². The summed E-state index contributed by atoms with van der Waals surface area (Å²) in [7, 11) is 0. The van der Waals surface area contributed by atoms with E-state index in [1.807, 2.05) is 0 Å². The number of benzene rings is 1. The molecule has 0 fully saturated rings. The minimum atomic E-state index is -1.30. The van der Waals surface area contributed by atoms with E-state index in [4.69, 9.17) is 22.4 Å². The Morgan fingerprint density at radius 2 is 1.90 bits per heavy atom. The van der Waals surface area contributed by atoms with E-state index in [1.165, 1.54) is 11.8 Å². The van der Waals surface area contributed by atoms with Gasteiger partial charge in [-0.05, 0) is 24.3 Å². The van der Waals surface area contributed by atoms with Gasteiger partial charge in [-0.3, -0.25) is 9.59 Å². The summed E-state index contributed by atoms with van der Waals surface area (Å²) in [4.78, 5) is 34.0. The number of carbonyl (C=O) groups excluding carboxylic acids is 2. The number of rotatable bonds is 7. The average molecular weight is 317 g/mol. The quantitative estimate of drug-likeness (QED) is 0.647. The highest BCUT2D eigenvalue weighted by Gasteiger charge is 2.21. The maximum Gasteiger partial charge on any atom is 0.326 e. The second kappa shape index (κ2) is 7.76. The molecule has 0 saturated carbocycles. The van der Waals surface area contributed by atoms with Crippen LogP contribution < -0.4 is 11.1 Å². The topological polar surface area (TPSA) is 109 Å². The summed E-state index contributed by atoms with van der Waals surface area (Å²) < 4.78 is 0. The van der Waals surface area contributed by atoms with Gasteiger partial charge < -0.3 is 16.2 Å². The number of thioether (sulfide) groups is 1. The predicted octanol–water partition coefficient (Wildman–Crippen LogP) is 0.877. The van der Waals surface area contributed by atoms with Crippen LogP contribution in [0.15, 0.2) is 29.2 Å². The van der Waals surface area contributed by atoms with Gasteiger partial charge in [0.05, 0.1) is 12.2 Å². The van der Waals surface area contributed by atoms with Crippen molar-refractivity contribution in [3.05, 3.63) is 29.3 Å². The van der Waals surface area contributed by atoms with Crippen molar-refractivity contribution >= 4 is 41.1 Å². The first-order valence-corrected chi connectivity index (χ1v) is 6.93. The van der Waals surface area contributed by atoms with Crippen molar-refractivity contribution < 1.29 is 19.5 Å². The fourth-order valence-electron chi connectivity index (χ4n) is 1.32. The number of carboxylic acid groups (broad SMARTS) is 1. The van der Waals surface area contributed by atoms with Gasteiger partial charge in [-0.15, -0.1) is 11.8 Å². The molecule has 0 aromatic heterocycles. The smallest absolute Gasteiger partial charge is 0.326 e. The normalized spacial score (nSPS) is 11.7. The highest BCUT2D eigenvalue weighted by Crippen LogP contribution is 2.19. The van der Waals surface area contributed by atoms with Crippen LogP contribution in [-0.2, 0) is 14.4 Å². The molecule has 0 unspecified atom stereocenters. The van der Waals surface area contributed by atoms with Crippen LogP contribution in [0.4, 0.5) is 0 Å². The van der Waals surface area contributed by atoms with E-state index in [9.17, 15) is 14.4 Å². The number of nitrogens with two attached hydrogens (primary N) is 1. The first-order chi connectivity index (χ1) is 9.38. The monoisotopic (exact) mass is 316 g/mol. The number of hydrogen-bond acceptors (Lipinski definition) is 4. The molecule has 0 aliphatic heterocycles. The van der Waals surface area contributed by atoms with Crippen molar-refractivity contribution in [2.24, 2.45) is 5.73 Å². The number of carbonyl (C=O) groups is 3. The molecular weight excluding hydrogens is 304 g/mol. The lowest BCUT2D eigenvalue weighted by Gasteiger charge is -2.12. The Morgan fingerprint density at radius 1 is 1.30 bits per heavy atom. The van der Waals surface area contributed by atoms with Crippen molar-refractivity contribution in [2.45, 2.75) is 17.4 Å². The molecule has 0 spiro atoms. The van der Waals surface area contributed by atoms with Crippen molar-refractivity contribution in [1.29, 1.82) is 0 Å². The summed E-state index contributed by atoms with van der Waals surface area (Å²) in [6.45, 7) is 0. The molecule has 0 aliphatic carbocycles. The van der Waals surface area contributed by atoms with Gasteiger partial charge in [0.15, 0.2) is 0 Å². The zero-order chi connectivity index (χ0) is 15.1. The molecule has 1 aromatic rings. The Balaban J connectivity index is 2.47. The van der Waals surface area contributed by atoms with Crippen LogP contribution in [0.5, 0.6) is 0 Å². The third-order valence-electron chi connectivity index (χ3n) is 2.22. The summed E-state index contributed by atoms with van der Waals surface area (Å²) in [5, 5.41) is 11.7. The summed E-state index contributed by atoms with van der Waals surface area (Å²) in [5.41, 5.74) is 4.91.